The van der Waals surface area contributed by atoms with E-state index in [9.17, 15) is 4.39 Å². The summed E-state index contributed by atoms with van der Waals surface area (Å²) in [6.07, 6.45) is 1.14. The molecule has 3 heteroatoms. The van der Waals surface area contributed by atoms with Crippen LogP contribution in [0.2, 0.25) is 5.02 Å². The third-order valence-electron chi connectivity index (χ3n) is 3.19. The number of rotatable bonds is 3. The molecule has 0 bridgehead atoms. The summed E-state index contributed by atoms with van der Waals surface area (Å²) in [5.41, 5.74) is 1.23. The number of halogens is 2. The van der Waals surface area contributed by atoms with E-state index >= 15 is 0 Å². The minimum atomic E-state index is -0.307. The molecule has 1 aliphatic carbocycles. The Morgan fingerprint density at radius 2 is 2.12 bits per heavy atom. The molecule has 94 valence electrons. The normalized spacial score (nSPS) is 23.8. The smallest absolute Gasteiger partial charge is 0.142 e. The van der Waals surface area contributed by atoms with Crippen LogP contribution in [0.1, 0.15) is 38.7 Å². The Bertz CT molecular complexity index is 411. The second kappa shape index (κ2) is 4.58. The van der Waals surface area contributed by atoms with E-state index in [4.69, 9.17) is 11.6 Å². The summed E-state index contributed by atoms with van der Waals surface area (Å²) in [5, 5.41) is 3.70. The van der Waals surface area contributed by atoms with Gasteiger partial charge in [0.05, 0.1) is 5.02 Å². The molecule has 17 heavy (non-hydrogen) atoms. The predicted molar refractivity (Wildman–Crippen MR) is 70.0 cm³/mol. The van der Waals surface area contributed by atoms with Gasteiger partial charge in [-0.25, -0.2) is 4.39 Å². The lowest BCUT2D eigenvalue weighted by Gasteiger charge is -2.20. The van der Waals surface area contributed by atoms with E-state index in [1.54, 1.807) is 12.1 Å². The van der Waals surface area contributed by atoms with Crippen molar-refractivity contribution in [2.24, 2.45) is 5.92 Å². The van der Waals surface area contributed by atoms with Crippen molar-refractivity contribution >= 4 is 11.6 Å². The fourth-order valence-electron chi connectivity index (χ4n) is 2.06. The molecule has 1 aromatic carbocycles. The largest absolute Gasteiger partial charge is 0.312 e. The van der Waals surface area contributed by atoms with Gasteiger partial charge in [-0.05, 0) is 63.3 Å². The standard InChI is InChI=1S/C14H19ClFN/c1-14(2,3)17-8-10-6-11(10)9-4-5-12(15)13(16)7-9/h4-5,7,10-11,17H,6,8H2,1-3H3. The zero-order valence-corrected chi connectivity index (χ0v) is 11.3. The molecule has 0 aliphatic heterocycles. The zero-order valence-electron chi connectivity index (χ0n) is 10.6. The number of hydrogen-bond acceptors (Lipinski definition) is 1. The van der Waals surface area contributed by atoms with E-state index in [2.05, 4.69) is 26.1 Å². The Labute approximate surface area is 107 Å². The first-order chi connectivity index (χ1) is 7.87. The lowest BCUT2D eigenvalue weighted by molar-refractivity contribution is 0.414. The Kier molecular flexibility index (Phi) is 3.46. The van der Waals surface area contributed by atoms with E-state index in [0.717, 1.165) is 18.5 Å². The van der Waals surface area contributed by atoms with Gasteiger partial charge in [-0.1, -0.05) is 17.7 Å². The average Bonchev–Trinajstić information content (AvgIpc) is 2.97. The Morgan fingerprint density at radius 1 is 1.41 bits per heavy atom. The van der Waals surface area contributed by atoms with E-state index < -0.39 is 0 Å². The summed E-state index contributed by atoms with van der Waals surface area (Å²) >= 11 is 5.68. The maximum atomic E-state index is 13.3. The molecule has 1 saturated carbocycles. The zero-order chi connectivity index (χ0) is 12.6. The third-order valence-corrected chi connectivity index (χ3v) is 3.50. The first kappa shape index (κ1) is 12.8. The predicted octanol–water partition coefficient (Wildman–Crippen LogP) is 3.97. The molecule has 2 unspecified atom stereocenters. The van der Waals surface area contributed by atoms with Gasteiger partial charge >= 0.3 is 0 Å². The fourth-order valence-corrected chi connectivity index (χ4v) is 2.18. The summed E-state index contributed by atoms with van der Waals surface area (Å²) in [5.74, 6) is 0.824. The molecule has 1 nitrogen and oxygen atoms in total. The van der Waals surface area contributed by atoms with Gasteiger partial charge in [0.25, 0.3) is 0 Å². The van der Waals surface area contributed by atoms with Crippen LogP contribution >= 0.6 is 11.6 Å². The second-order valence-corrected chi connectivity index (χ2v) is 6.31. The summed E-state index contributed by atoms with van der Waals surface area (Å²) in [6.45, 7) is 7.48. The molecule has 0 heterocycles. The molecule has 2 atom stereocenters. The maximum Gasteiger partial charge on any atom is 0.142 e. The molecule has 2 rings (SSSR count). The Hall–Kier alpha value is -0.600. The minimum absolute atomic E-state index is 0.151. The number of benzene rings is 1. The van der Waals surface area contributed by atoms with Gasteiger partial charge in [-0.3, -0.25) is 0 Å². The molecule has 0 aromatic heterocycles. The van der Waals surface area contributed by atoms with Crippen LogP contribution < -0.4 is 5.32 Å². The monoisotopic (exact) mass is 255 g/mol. The third kappa shape index (κ3) is 3.43. The minimum Gasteiger partial charge on any atom is -0.312 e. The van der Waals surface area contributed by atoms with Crippen molar-refractivity contribution in [2.75, 3.05) is 6.54 Å². The van der Waals surface area contributed by atoms with E-state index in [0.29, 0.717) is 11.8 Å². The molecule has 0 spiro atoms. The van der Waals surface area contributed by atoms with Crippen LogP contribution in [0.15, 0.2) is 18.2 Å². The highest BCUT2D eigenvalue weighted by Crippen LogP contribution is 2.47. The summed E-state index contributed by atoms with van der Waals surface area (Å²) in [4.78, 5) is 0. The topological polar surface area (TPSA) is 12.0 Å². The van der Waals surface area contributed by atoms with Gasteiger partial charge in [-0.2, -0.15) is 0 Å². The summed E-state index contributed by atoms with van der Waals surface area (Å²) < 4.78 is 13.3. The highest BCUT2D eigenvalue weighted by atomic mass is 35.5. The molecule has 0 saturated heterocycles. The van der Waals surface area contributed by atoms with Crippen LogP contribution in [-0.4, -0.2) is 12.1 Å². The average molecular weight is 256 g/mol. The van der Waals surface area contributed by atoms with Crippen molar-refractivity contribution in [1.29, 1.82) is 0 Å². The van der Waals surface area contributed by atoms with Crippen molar-refractivity contribution in [3.63, 3.8) is 0 Å². The van der Waals surface area contributed by atoms with Crippen LogP contribution in [0.4, 0.5) is 4.39 Å². The maximum absolute atomic E-state index is 13.3. The molecule has 1 fully saturated rings. The van der Waals surface area contributed by atoms with Gasteiger partial charge in [0.2, 0.25) is 0 Å². The van der Waals surface area contributed by atoms with Crippen molar-refractivity contribution in [2.45, 2.75) is 38.6 Å². The molecular formula is C14H19ClFN. The van der Waals surface area contributed by atoms with Gasteiger partial charge < -0.3 is 5.32 Å². The number of nitrogens with one attached hydrogen (secondary N) is 1. The van der Waals surface area contributed by atoms with E-state index in [-0.39, 0.29) is 16.4 Å². The summed E-state index contributed by atoms with van der Waals surface area (Å²) in [7, 11) is 0. The van der Waals surface area contributed by atoms with Crippen molar-refractivity contribution in [3.8, 4) is 0 Å². The first-order valence-electron chi connectivity index (χ1n) is 6.07. The van der Waals surface area contributed by atoms with Crippen LogP contribution in [-0.2, 0) is 0 Å². The first-order valence-corrected chi connectivity index (χ1v) is 6.44. The quantitative estimate of drug-likeness (QED) is 0.862. The SMILES string of the molecule is CC(C)(C)NCC1CC1c1ccc(Cl)c(F)c1. The van der Waals surface area contributed by atoms with Gasteiger partial charge in [0, 0.05) is 5.54 Å². The number of hydrogen-bond donors (Lipinski definition) is 1. The van der Waals surface area contributed by atoms with Gasteiger partial charge in [0.15, 0.2) is 0 Å². The second-order valence-electron chi connectivity index (χ2n) is 5.91. The van der Waals surface area contributed by atoms with Crippen LogP contribution in [0, 0.1) is 11.7 Å². The van der Waals surface area contributed by atoms with E-state index in [1.165, 1.54) is 0 Å². The van der Waals surface area contributed by atoms with Gasteiger partial charge in [0.1, 0.15) is 5.82 Å². The molecule has 0 radical (unpaired) electrons. The van der Waals surface area contributed by atoms with Crippen LogP contribution in [0.5, 0.6) is 0 Å². The lowest BCUT2D eigenvalue weighted by Crippen LogP contribution is -2.37. The van der Waals surface area contributed by atoms with Gasteiger partial charge in [-0.15, -0.1) is 0 Å². The fraction of sp³-hybridized carbons (Fsp3) is 0.571. The Morgan fingerprint density at radius 3 is 2.71 bits per heavy atom. The highest BCUT2D eigenvalue weighted by Gasteiger charge is 2.38. The van der Waals surface area contributed by atoms with E-state index in [1.807, 2.05) is 6.07 Å². The van der Waals surface area contributed by atoms with Crippen molar-refractivity contribution < 1.29 is 4.39 Å². The molecular weight excluding hydrogens is 237 g/mol. The van der Waals surface area contributed by atoms with Crippen molar-refractivity contribution in [3.05, 3.63) is 34.6 Å². The molecule has 1 N–H and O–H groups in total. The highest BCUT2D eigenvalue weighted by molar-refractivity contribution is 6.30. The lowest BCUT2D eigenvalue weighted by atomic mass is 10.1. The van der Waals surface area contributed by atoms with Crippen LogP contribution in [0.25, 0.3) is 0 Å². The Balaban J connectivity index is 1.92. The van der Waals surface area contributed by atoms with Crippen molar-refractivity contribution in [1.82, 2.24) is 5.32 Å². The molecule has 1 aromatic rings. The molecule has 0 amide bonds. The van der Waals surface area contributed by atoms with Crippen LogP contribution in [0.3, 0.4) is 0 Å². The summed E-state index contributed by atoms with van der Waals surface area (Å²) in [6, 6.07) is 5.16. The molecule has 1 aliphatic rings.